The zero-order valence-electron chi connectivity index (χ0n) is 19.2. The van der Waals surface area contributed by atoms with Gasteiger partial charge in [0.05, 0.1) is 35.3 Å². The molecular weight excluding hydrogens is 424 g/mol. The number of amides is 1. The number of hydrogen-bond acceptors (Lipinski definition) is 5. The fourth-order valence-electron chi connectivity index (χ4n) is 3.49. The lowest BCUT2D eigenvalue weighted by Crippen LogP contribution is -2.25. The monoisotopic (exact) mass is 450 g/mol. The van der Waals surface area contributed by atoms with E-state index < -0.39 is 0 Å². The van der Waals surface area contributed by atoms with Crippen molar-refractivity contribution in [3.8, 4) is 16.9 Å². The van der Waals surface area contributed by atoms with E-state index >= 15 is 0 Å². The van der Waals surface area contributed by atoms with E-state index in [9.17, 15) is 4.79 Å². The smallest absolute Gasteiger partial charge is 0.251 e. The molecule has 0 aliphatic rings. The number of allylic oxidation sites excluding steroid dienone is 1. The minimum Gasteiger partial charge on any atom is -0.403 e. The number of benzene rings is 2. The van der Waals surface area contributed by atoms with Gasteiger partial charge in [-0.2, -0.15) is 5.10 Å². The second-order valence-electron chi connectivity index (χ2n) is 8.01. The molecule has 2 aromatic heterocycles. The molecule has 0 radical (unpaired) electrons. The summed E-state index contributed by atoms with van der Waals surface area (Å²) in [7, 11) is 0. The van der Waals surface area contributed by atoms with E-state index in [-0.39, 0.29) is 12.5 Å². The third-order valence-corrected chi connectivity index (χ3v) is 5.21. The molecule has 0 aliphatic carbocycles. The molecule has 0 saturated carbocycles. The van der Waals surface area contributed by atoms with Crippen LogP contribution in [-0.4, -0.2) is 33.4 Å². The zero-order valence-corrected chi connectivity index (χ0v) is 19.2. The maximum Gasteiger partial charge on any atom is 0.251 e. The summed E-state index contributed by atoms with van der Waals surface area (Å²) in [4.78, 5) is 22.0. The minimum absolute atomic E-state index is 0.188. The lowest BCUT2D eigenvalue weighted by atomic mass is 10.0. The predicted octanol–water partition coefficient (Wildman–Crippen LogP) is 4.57. The summed E-state index contributed by atoms with van der Waals surface area (Å²) in [5.41, 5.74) is 11.9. The van der Waals surface area contributed by atoms with Crippen LogP contribution in [0.1, 0.15) is 22.8 Å². The Labute approximate surface area is 198 Å². The molecule has 0 aliphatic heterocycles. The van der Waals surface area contributed by atoms with E-state index in [0.29, 0.717) is 11.3 Å². The van der Waals surface area contributed by atoms with E-state index in [4.69, 9.17) is 5.73 Å². The van der Waals surface area contributed by atoms with Crippen LogP contribution in [0, 0.1) is 6.92 Å². The van der Waals surface area contributed by atoms with Crippen LogP contribution in [0.5, 0.6) is 0 Å². The first-order valence-corrected chi connectivity index (χ1v) is 10.8. The van der Waals surface area contributed by atoms with Crippen molar-refractivity contribution in [2.45, 2.75) is 13.8 Å². The van der Waals surface area contributed by atoms with Crippen molar-refractivity contribution in [2.24, 2.45) is 10.7 Å². The Kier molecular flexibility index (Phi) is 6.64. The number of aryl methyl sites for hydroxylation is 1. The van der Waals surface area contributed by atoms with Gasteiger partial charge in [-0.05, 0) is 55.3 Å². The highest BCUT2D eigenvalue weighted by atomic mass is 16.1. The quantitative estimate of drug-likeness (QED) is 0.403. The van der Waals surface area contributed by atoms with Crippen molar-refractivity contribution in [1.29, 1.82) is 0 Å². The van der Waals surface area contributed by atoms with E-state index in [2.05, 4.69) is 27.0 Å². The van der Waals surface area contributed by atoms with Crippen molar-refractivity contribution in [2.75, 3.05) is 6.54 Å². The van der Waals surface area contributed by atoms with E-state index in [1.807, 2.05) is 85.5 Å². The normalized spacial score (nSPS) is 11.8. The number of fused-ring (bicyclic) bond motifs is 1. The van der Waals surface area contributed by atoms with Gasteiger partial charge in [-0.1, -0.05) is 30.8 Å². The summed E-state index contributed by atoms with van der Waals surface area (Å²) in [6.07, 6.45) is 6.60. The number of pyridine rings is 1. The largest absolute Gasteiger partial charge is 0.403 e. The minimum atomic E-state index is -0.249. The maximum atomic E-state index is 13.2. The molecule has 34 heavy (non-hydrogen) atoms. The first-order valence-electron chi connectivity index (χ1n) is 10.8. The van der Waals surface area contributed by atoms with Crippen molar-refractivity contribution in [3.05, 3.63) is 102 Å². The SMILES string of the molecule is C=C(C)C=N/C(=C\N)CNC(=O)c1cc(-c2ccc(C)cn2)c2cnn(-c3ccccc3)c2c1. The molecule has 1 amide bonds. The van der Waals surface area contributed by atoms with Gasteiger partial charge >= 0.3 is 0 Å². The van der Waals surface area contributed by atoms with E-state index in [0.717, 1.165) is 39.0 Å². The molecule has 4 rings (SSSR count). The molecule has 0 atom stereocenters. The maximum absolute atomic E-state index is 13.2. The number of carbonyl (C=O) groups is 1. The molecule has 4 aromatic rings. The highest BCUT2D eigenvalue weighted by Gasteiger charge is 2.16. The third-order valence-electron chi connectivity index (χ3n) is 5.21. The second kappa shape index (κ2) is 9.95. The molecule has 3 N–H and O–H groups in total. The van der Waals surface area contributed by atoms with Crippen LogP contribution in [0.4, 0.5) is 0 Å². The molecule has 0 fully saturated rings. The number of rotatable bonds is 7. The Hall–Kier alpha value is -4.52. The van der Waals surface area contributed by atoms with Gasteiger partial charge in [-0.15, -0.1) is 0 Å². The lowest BCUT2D eigenvalue weighted by Gasteiger charge is -2.11. The van der Waals surface area contributed by atoms with Crippen LogP contribution < -0.4 is 11.1 Å². The Morgan fingerprint density at radius 3 is 2.65 bits per heavy atom. The van der Waals surface area contributed by atoms with Crippen molar-refractivity contribution >= 4 is 23.0 Å². The van der Waals surface area contributed by atoms with Crippen LogP contribution in [-0.2, 0) is 0 Å². The van der Waals surface area contributed by atoms with Crippen LogP contribution in [0.25, 0.3) is 27.8 Å². The Morgan fingerprint density at radius 1 is 1.18 bits per heavy atom. The Morgan fingerprint density at radius 2 is 1.97 bits per heavy atom. The first-order chi connectivity index (χ1) is 16.5. The molecule has 0 unspecified atom stereocenters. The number of carbonyl (C=O) groups excluding carboxylic acids is 1. The van der Waals surface area contributed by atoms with Crippen LogP contribution in [0.15, 0.2) is 96.0 Å². The average molecular weight is 451 g/mol. The number of aromatic nitrogens is 3. The molecule has 2 heterocycles. The van der Waals surface area contributed by atoms with Gasteiger partial charge in [-0.25, -0.2) is 4.68 Å². The Balaban J connectivity index is 1.76. The van der Waals surface area contributed by atoms with Crippen molar-refractivity contribution < 1.29 is 4.79 Å². The highest BCUT2D eigenvalue weighted by molar-refractivity contribution is 6.03. The van der Waals surface area contributed by atoms with E-state index in [1.54, 1.807) is 6.21 Å². The predicted molar refractivity (Wildman–Crippen MR) is 137 cm³/mol. The summed E-state index contributed by atoms with van der Waals surface area (Å²) in [5.74, 6) is -0.249. The molecule has 7 heteroatoms. The average Bonchev–Trinajstić information content (AvgIpc) is 3.28. The fourth-order valence-corrected chi connectivity index (χ4v) is 3.49. The van der Waals surface area contributed by atoms with Crippen LogP contribution in [0.3, 0.4) is 0 Å². The zero-order chi connectivity index (χ0) is 24.1. The third kappa shape index (κ3) is 4.94. The van der Waals surface area contributed by atoms with Crippen molar-refractivity contribution in [3.63, 3.8) is 0 Å². The van der Waals surface area contributed by atoms with Gasteiger partial charge in [0, 0.05) is 35.1 Å². The van der Waals surface area contributed by atoms with Crippen LogP contribution >= 0.6 is 0 Å². The van der Waals surface area contributed by atoms with Gasteiger partial charge < -0.3 is 11.1 Å². The number of hydrogen-bond donors (Lipinski definition) is 2. The van der Waals surface area contributed by atoms with Gasteiger partial charge in [0.1, 0.15) is 0 Å². The molecular formula is C27H26N6O. The summed E-state index contributed by atoms with van der Waals surface area (Å²) in [6.45, 7) is 7.80. The summed E-state index contributed by atoms with van der Waals surface area (Å²) in [6, 6.07) is 17.4. The lowest BCUT2D eigenvalue weighted by molar-refractivity contribution is 0.0957. The summed E-state index contributed by atoms with van der Waals surface area (Å²) < 4.78 is 1.83. The fraction of sp³-hybridized carbons (Fsp3) is 0.111. The first kappa shape index (κ1) is 22.7. The number of nitrogens with zero attached hydrogens (tertiary/aromatic N) is 4. The molecule has 0 bridgehead atoms. The number of para-hydroxylation sites is 1. The van der Waals surface area contributed by atoms with Gasteiger partial charge in [-0.3, -0.25) is 14.8 Å². The van der Waals surface area contributed by atoms with Gasteiger partial charge in [0.15, 0.2) is 0 Å². The van der Waals surface area contributed by atoms with Gasteiger partial charge in [0.25, 0.3) is 5.91 Å². The number of nitrogens with one attached hydrogen (secondary N) is 1. The van der Waals surface area contributed by atoms with Gasteiger partial charge in [0.2, 0.25) is 0 Å². The van der Waals surface area contributed by atoms with Crippen molar-refractivity contribution in [1.82, 2.24) is 20.1 Å². The highest BCUT2D eigenvalue weighted by Crippen LogP contribution is 2.30. The Bertz CT molecular complexity index is 1400. The second-order valence-corrected chi connectivity index (χ2v) is 8.01. The molecule has 0 saturated heterocycles. The topological polar surface area (TPSA) is 98.2 Å². The number of nitrogens with two attached hydrogens (primary N) is 1. The molecule has 2 aromatic carbocycles. The molecule has 170 valence electrons. The number of aliphatic imine (C=N–C) groups is 1. The summed E-state index contributed by atoms with van der Waals surface area (Å²) in [5, 5.41) is 8.41. The summed E-state index contributed by atoms with van der Waals surface area (Å²) >= 11 is 0. The standard InChI is InChI=1S/C27H26N6O/c1-18(2)14-29-21(13-28)16-31-27(34)20-11-23(25-10-9-19(3)15-30-25)24-17-32-33(26(24)12-20)22-7-5-4-6-8-22/h4-15,17H,1,16,28H2,2-3H3,(H,31,34)/b21-13-,29-14?. The molecule has 0 spiro atoms. The molecule has 7 nitrogen and oxygen atoms in total. The van der Waals surface area contributed by atoms with Crippen LogP contribution in [0.2, 0.25) is 0 Å². The van der Waals surface area contributed by atoms with E-state index in [1.165, 1.54) is 6.20 Å².